The van der Waals surface area contributed by atoms with Crippen LogP contribution in [-0.4, -0.2) is 47.0 Å². The summed E-state index contributed by atoms with van der Waals surface area (Å²) in [6.07, 6.45) is 6.42. The second kappa shape index (κ2) is 9.51. The molecule has 1 fully saturated rings. The number of piperidine rings is 1. The van der Waals surface area contributed by atoms with Crippen molar-refractivity contribution in [3.63, 3.8) is 0 Å². The third kappa shape index (κ3) is 5.79. The van der Waals surface area contributed by atoms with Crippen molar-refractivity contribution in [2.24, 2.45) is 0 Å². The first kappa shape index (κ1) is 19.4. The van der Waals surface area contributed by atoms with E-state index in [1.54, 1.807) is 11.1 Å². The van der Waals surface area contributed by atoms with Crippen LogP contribution in [0.4, 0.5) is 10.5 Å². The predicted molar refractivity (Wildman–Crippen MR) is 110 cm³/mol. The monoisotopic (exact) mass is 366 g/mol. The lowest BCUT2D eigenvalue weighted by atomic mass is 10.0. The van der Waals surface area contributed by atoms with Crippen molar-refractivity contribution < 1.29 is 4.79 Å². The van der Waals surface area contributed by atoms with E-state index in [9.17, 15) is 4.79 Å². The molecule has 27 heavy (non-hydrogen) atoms. The molecule has 1 saturated heterocycles. The summed E-state index contributed by atoms with van der Waals surface area (Å²) in [6, 6.07) is 14.6. The summed E-state index contributed by atoms with van der Waals surface area (Å²) in [5, 5.41) is 3.01. The molecule has 1 atom stereocenters. The van der Waals surface area contributed by atoms with Gasteiger partial charge in [0, 0.05) is 50.2 Å². The number of nitrogens with zero attached hydrogens (tertiary/aromatic N) is 3. The molecule has 0 spiro atoms. The number of aromatic nitrogens is 1. The number of carbonyl (C=O) groups is 1. The van der Waals surface area contributed by atoms with E-state index < -0.39 is 0 Å². The summed E-state index contributed by atoms with van der Waals surface area (Å²) < 4.78 is 0. The van der Waals surface area contributed by atoms with Gasteiger partial charge in [0.2, 0.25) is 0 Å². The first-order chi connectivity index (χ1) is 13.1. The summed E-state index contributed by atoms with van der Waals surface area (Å²) >= 11 is 0. The molecule has 0 radical (unpaired) electrons. The average Bonchev–Trinajstić information content (AvgIpc) is 2.69. The Morgan fingerprint density at radius 3 is 2.93 bits per heavy atom. The Kier molecular flexibility index (Phi) is 6.82. The Labute approximate surface area is 162 Å². The number of anilines is 1. The number of carbonyl (C=O) groups excluding carboxylic acids is 1. The third-order valence-electron chi connectivity index (χ3n) is 5.28. The lowest BCUT2D eigenvalue weighted by Crippen LogP contribution is -2.36. The number of rotatable bonds is 6. The lowest BCUT2D eigenvalue weighted by Gasteiger charge is -2.33. The van der Waals surface area contributed by atoms with E-state index in [1.807, 2.05) is 37.4 Å². The SMILES string of the molecule is C[C@@H]1CCCCN1Cc1cccc(NC(=O)N(C)CCc2ccccn2)c1. The molecule has 1 N–H and O–H groups in total. The van der Waals surface area contributed by atoms with Crippen molar-refractivity contribution in [3.8, 4) is 0 Å². The van der Waals surface area contributed by atoms with Gasteiger partial charge in [-0.2, -0.15) is 0 Å². The maximum atomic E-state index is 12.5. The lowest BCUT2D eigenvalue weighted by molar-refractivity contribution is 0.152. The minimum absolute atomic E-state index is 0.0885. The average molecular weight is 367 g/mol. The maximum Gasteiger partial charge on any atom is 0.321 e. The van der Waals surface area contributed by atoms with Crippen LogP contribution in [0, 0.1) is 0 Å². The highest BCUT2D eigenvalue weighted by atomic mass is 16.2. The number of nitrogens with one attached hydrogen (secondary N) is 1. The number of urea groups is 1. The zero-order chi connectivity index (χ0) is 19.1. The minimum Gasteiger partial charge on any atom is -0.327 e. The highest BCUT2D eigenvalue weighted by Crippen LogP contribution is 2.20. The molecule has 1 aliphatic rings. The minimum atomic E-state index is -0.0885. The fourth-order valence-corrected chi connectivity index (χ4v) is 3.52. The largest absolute Gasteiger partial charge is 0.327 e. The Bertz CT molecular complexity index is 734. The van der Waals surface area contributed by atoms with Crippen LogP contribution in [0.25, 0.3) is 0 Å². The van der Waals surface area contributed by atoms with Gasteiger partial charge in [-0.1, -0.05) is 24.6 Å². The van der Waals surface area contributed by atoms with Crippen molar-refractivity contribution in [1.29, 1.82) is 0 Å². The van der Waals surface area contributed by atoms with E-state index >= 15 is 0 Å². The molecule has 5 heteroatoms. The standard InChI is InChI=1S/C22H30N4O/c1-18-8-4-6-14-26(18)17-19-9-7-11-21(16-19)24-22(27)25(2)15-12-20-10-3-5-13-23-20/h3,5,7,9-11,13,16,18H,4,6,8,12,14-15,17H2,1-2H3,(H,24,27)/t18-/m1/s1. The fourth-order valence-electron chi connectivity index (χ4n) is 3.52. The van der Waals surface area contributed by atoms with Gasteiger partial charge in [-0.15, -0.1) is 0 Å². The van der Waals surface area contributed by atoms with Crippen LogP contribution in [0.15, 0.2) is 48.7 Å². The number of benzene rings is 1. The Balaban J connectivity index is 1.52. The van der Waals surface area contributed by atoms with Crippen molar-refractivity contribution >= 4 is 11.7 Å². The summed E-state index contributed by atoms with van der Waals surface area (Å²) in [5.74, 6) is 0. The number of likely N-dealkylation sites (tertiary alicyclic amines) is 1. The molecule has 3 rings (SSSR count). The Morgan fingerprint density at radius 2 is 2.15 bits per heavy atom. The zero-order valence-corrected chi connectivity index (χ0v) is 16.4. The van der Waals surface area contributed by atoms with Gasteiger partial charge in [-0.25, -0.2) is 4.79 Å². The van der Waals surface area contributed by atoms with E-state index in [1.165, 1.54) is 24.8 Å². The Morgan fingerprint density at radius 1 is 1.26 bits per heavy atom. The summed E-state index contributed by atoms with van der Waals surface area (Å²) in [6.45, 7) is 5.05. The topological polar surface area (TPSA) is 48.5 Å². The molecule has 1 aromatic heterocycles. The second-order valence-corrected chi connectivity index (χ2v) is 7.44. The molecule has 0 bridgehead atoms. The van der Waals surface area contributed by atoms with Gasteiger partial charge in [-0.05, 0) is 56.1 Å². The second-order valence-electron chi connectivity index (χ2n) is 7.44. The van der Waals surface area contributed by atoms with Gasteiger partial charge < -0.3 is 10.2 Å². The molecule has 1 aromatic carbocycles. The van der Waals surface area contributed by atoms with Crippen molar-refractivity contribution in [3.05, 3.63) is 59.9 Å². The molecular formula is C22H30N4O. The van der Waals surface area contributed by atoms with Gasteiger partial charge in [0.1, 0.15) is 0 Å². The van der Waals surface area contributed by atoms with E-state index in [0.29, 0.717) is 12.6 Å². The highest BCUT2D eigenvalue weighted by Gasteiger charge is 2.18. The first-order valence-corrected chi connectivity index (χ1v) is 9.87. The van der Waals surface area contributed by atoms with Crippen LogP contribution in [0.1, 0.15) is 37.4 Å². The van der Waals surface area contributed by atoms with Gasteiger partial charge in [0.15, 0.2) is 0 Å². The van der Waals surface area contributed by atoms with Crippen LogP contribution >= 0.6 is 0 Å². The molecule has 0 saturated carbocycles. The Hall–Kier alpha value is -2.40. The zero-order valence-electron chi connectivity index (χ0n) is 16.4. The van der Waals surface area contributed by atoms with Gasteiger partial charge in [-0.3, -0.25) is 9.88 Å². The normalized spacial score (nSPS) is 17.5. The molecule has 0 aliphatic carbocycles. The smallest absolute Gasteiger partial charge is 0.321 e. The van der Waals surface area contributed by atoms with E-state index in [2.05, 4.69) is 34.3 Å². The summed E-state index contributed by atoms with van der Waals surface area (Å²) in [4.78, 5) is 21.0. The van der Waals surface area contributed by atoms with Crippen LogP contribution in [0.2, 0.25) is 0 Å². The molecular weight excluding hydrogens is 336 g/mol. The van der Waals surface area contributed by atoms with E-state index in [0.717, 1.165) is 30.9 Å². The predicted octanol–water partition coefficient (Wildman–Crippen LogP) is 4.16. The fraction of sp³-hybridized carbons (Fsp3) is 0.455. The molecule has 0 unspecified atom stereocenters. The number of amides is 2. The first-order valence-electron chi connectivity index (χ1n) is 9.87. The van der Waals surface area contributed by atoms with Crippen LogP contribution in [-0.2, 0) is 13.0 Å². The summed E-state index contributed by atoms with van der Waals surface area (Å²) in [7, 11) is 1.82. The maximum absolute atomic E-state index is 12.5. The molecule has 144 valence electrons. The number of hydrogen-bond donors (Lipinski definition) is 1. The van der Waals surface area contributed by atoms with E-state index in [-0.39, 0.29) is 6.03 Å². The quantitative estimate of drug-likeness (QED) is 0.835. The van der Waals surface area contributed by atoms with Crippen LogP contribution < -0.4 is 5.32 Å². The van der Waals surface area contributed by atoms with Gasteiger partial charge >= 0.3 is 6.03 Å². The molecule has 2 aromatic rings. The number of likely N-dealkylation sites (N-methyl/N-ethyl adjacent to an activating group) is 1. The van der Waals surface area contributed by atoms with Crippen molar-refractivity contribution in [2.75, 3.05) is 25.5 Å². The van der Waals surface area contributed by atoms with Gasteiger partial charge in [0.25, 0.3) is 0 Å². The van der Waals surface area contributed by atoms with Crippen LogP contribution in [0.5, 0.6) is 0 Å². The number of hydrogen-bond acceptors (Lipinski definition) is 3. The van der Waals surface area contributed by atoms with Gasteiger partial charge in [0.05, 0.1) is 0 Å². The number of pyridine rings is 1. The van der Waals surface area contributed by atoms with Crippen LogP contribution in [0.3, 0.4) is 0 Å². The molecule has 2 heterocycles. The van der Waals surface area contributed by atoms with Crippen molar-refractivity contribution in [1.82, 2.24) is 14.8 Å². The van der Waals surface area contributed by atoms with Crippen molar-refractivity contribution in [2.45, 2.75) is 45.2 Å². The molecule has 5 nitrogen and oxygen atoms in total. The third-order valence-corrected chi connectivity index (χ3v) is 5.28. The molecule has 1 aliphatic heterocycles. The van der Waals surface area contributed by atoms with E-state index in [4.69, 9.17) is 0 Å². The molecule has 2 amide bonds. The highest BCUT2D eigenvalue weighted by molar-refractivity contribution is 5.89. The summed E-state index contributed by atoms with van der Waals surface area (Å²) in [5.41, 5.74) is 3.10.